The highest BCUT2D eigenvalue weighted by Crippen LogP contribution is 2.41. The zero-order valence-electron chi connectivity index (χ0n) is 12.0. The predicted molar refractivity (Wildman–Crippen MR) is 72.2 cm³/mol. The van der Waals surface area contributed by atoms with E-state index in [-0.39, 0.29) is 24.8 Å². The van der Waals surface area contributed by atoms with Crippen molar-refractivity contribution in [3.05, 3.63) is 11.8 Å². The van der Waals surface area contributed by atoms with Crippen molar-refractivity contribution in [2.75, 3.05) is 13.2 Å². The topological polar surface area (TPSA) is 21.3 Å². The SMILES string of the molecule is CCCNC(C1=CCCO1)C1CCC(C(F)(F)F)CC1. The molecule has 5 heteroatoms. The van der Waals surface area contributed by atoms with Crippen molar-refractivity contribution < 1.29 is 17.9 Å². The Morgan fingerprint density at radius 2 is 2.00 bits per heavy atom. The fraction of sp³-hybridized carbons (Fsp3) is 0.867. The van der Waals surface area contributed by atoms with E-state index < -0.39 is 12.1 Å². The fourth-order valence-corrected chi connectivity index (χ4v) is 3.23. The maximum absolute atomic E-state index is 12.7. The lowest BCUT2D eigenvalue weighted by Crippen LogP contribution is -2.41. The number of rotatable bonds is 5. The maximum atomic E-state index is 12.7. The van der Waals surface area contributed by atoms with Gasteiger partial charge in [-0.2, -0.15) is 13.2 Å². The zero-order valence-corrected chi connectivity index (χ0v) is 12.0. The van der Waals surface area contributed by atoms with Crippen LogP contribution in [-0.2, 0) is 4.74 Å². The van der Waals surface area contributed by atoms with Crippen LogP contribution in [0.2, 0.25) is 0 Å². The molecule has 1 aliphatic carbocycles. The normalized spacial score (nSPS) is 28.9. The van der Waals surface area contributed by atoms with Gasteiger partial charge in [0.2, 0.25) is 0 Å². The monoisotopic (exact) mass is 291 g/mol. The molecule has 1 heterocycles. The minimum Gasteiger partial charge on any atom is -0.496 e. The molecule has 0 spiro atoms. The van der Waals surface area contributed by atoms with Gasteiger partial charge in [-0.15, -0.1) is 0 Å². The second kappa shape index (κ2) is 6.83. The number of alkyl halides is 3. The Bertz CT molecular complexity index is 333. The Hall–Kier alpha value is -0.710. The van der Waals surface area contributed by atoms with Crippen molar-refractivity contribution in [2.45, 2.75) is 57.7 Å². The summed E-state index contributed by atoms with van der Waals surface area (Å²) < 4.78 is 43.8. The third kappa shape index (κ3) is 3.90. The Balaban J connectivity index is 1.93. The predicted octanol–water partition coefficient (Wildman–Crippen LogP) is 4.03. The molecule has 2 rings (SSSR count). The molecule has 1 saturated carbocycles. The molecule has 0 radical (unpaired) electrons. The lowest BCUT2D eigenvalue weighted by atomic mass is 9.77. The number of halogens is 3. The Morgan fingerprint density at radius 3 is 2.50 bits per heavy atom. The standard InChI is InChI=1S/C15H24F3NO/c1-2-9-19-14(13-4-3-10-20-13)11-5-7-12(8-6-11)15(16,17)18/h4,11-12,14,19H,2-3,5-10H2,1H3. The van der Waals surface area contributed by atoms with Crippen LogP contribution in [0.5, 0.6) is 0 Å². The smallest absolute Gasteiger partial charge is 0.391 e. The number of hydrogen-bond donors (Lipinski definition) is 1. The first-order chi connectivity index (χ1) is 9.52. The Morgan fingerprint density at radius 1 is 1.30 bits per heavy atom. The van der Waals surface area contributed by atoms with Crippen LogP contribution in [0.15, 0.2) is 11.8 Å². The Kier molecular flexibility index (Phi) is 5.35. The molecular formula is C15H24F3NO. The molecule has 116 valence electrons. The van der Waals surface area contributed by atoms with Gasteiger partial charge in [-0.1, -0.05) is 6.92 Å². The molecule has 1 unspecified atom stereocenters. The summed E-state index contributed by atoms with van der Waals surface area (Å²) in [5, 5.41) is 3.46. The summed E-state index contributed by atoms with van der Waals surface area (Å²) in [7, 11) is 0. The van der Waals surface area contributed by atoms with Crippen LogP contribution < -0.4 is 5.32 Å². The van der Waals surface area contributed by atoms with E-state index in [1.165, 1.54) is 0 Å². The molecule has 20 heavy (non-hydrogen) atoms. The van der Waals surface area contributed by atoms with E-state index >= 15 is 0 Å². The summed E-state index contributed by atoms with van der Waals surface area (Å²) >= 11 is 0. The van der Waals surface area contributed by atoms with E-state index in [2.05, 4.69) is 18.3 Å². The van der Waals surface area contributed by atoms with Crippen LogP contribution in [0.1, 0.15) is 45.4 Å². The minimum absolute atomic E-state index is 0.103. The molecule has 0 amide bonds. The summed E-state index contributed by atoms with van der Waals surface area (Å²) in [6.07, 6.45) is 1.76. The van der Waals surface area contributed by atoms with Gasteiger partial charge in [0.05, 0.1) is 18.6 Å². The molecule has 0 aromatic heterocycles. The second-order valence-corrected chi connectivity index (χ2v) is 5.83. The summed E-state index contributed by atoms with van der Waals surface area (Å²) in [4.78, 5) is 0. The minimum atomic E-state index is -4.03. The number of nitrogens with one attached hydrogen (secondary N) is 1. The van der Waals surface area contributed by atoms with E-state index in [1.807, 2.05) is 0 Å². The van der Waals surface area contributed by atoms with E-state index in [1.54, 1.807) is 0 Å². The largest absolute Gasteiger partial charge is 0.496 e. The van der Waals surface area contributed by atoms with Crippen LogP contribution in [0.3, 0.4) is 0 Å². The van der Waals surface area contributed by atoms with Gasteiger partial charge in [0, 0.05) is 6.42 Å². The van der Waals surface area contributed by atoms with E-state index in [0.717, 1.165) is 25.1 Å². The van der Waals surface area contributed by atoms with Crippen molar-refractivity contribution in [3.8, 4) is 0 Å². The molecular weight excluding hydrogens is 267 g/mol. The highest BCUT2D eigenvalue weighted by atomic mass is 19.4. The van der Waals surface area contributed by atoms with Gasteiger partial charge in [-0.3, -0.25) is 0 Å². The van der Waals surface area contributed by atoms with Crippen LogP contribution in [0, 0.1) is 11.8 Å². The molecule has 1 N–H and O–H groups in total. The van der Waals surface area contributed by atoms with Gasteiger partial charge in [0.25, 0.3) is 0 Å². The molecule has 2 aliphatic rings. The third-order valence-corrected chi connectivity index (χ3v) is 4.36. The molecule has 0 aromatic rings. The third-order valence-electron chi connectivity index (χ3n) is 4.36. The van der Waals surface area contributed by atoms with Gasteiger partial charge in [-0.05, 0) is 50.6 Å². The molecule has 2 nitrogen and oxygen atoms in total. The van der Waals surface area contributed by atoms with Gasteiger partial charge in [0.1, 0.15) is 5.76 Å². The summed E-state index contributed by atoms with van der Waals surface area (Å²) in [5.74, 6) is 0.113. The average Bonchev–Trinajstić information content (AvgIpc) is 2.93. The van der Waals surface area contributed by atoms with Crippen molar-refractivity contribution >= 4 is 0 Å². The van der Waals surface area contributed by atoms with Crippen molar-refractivity contribution in [2.24, 2.45) is 11.8 Å². The molecule has 0 saturated heterocycles. The fourth-order valence-electron chi connectivity index (χ4n) is 3.23. The van der Waals surface area contributed by atoms with Crippen molar-refractivity contribution in [1.82, 2.24) is 5.32 Å². The van der Waals surface area contributed by atoms with E-state index in [0.29, 0.717) is 19.4 Å². The van der Waals surface area contributed by atoms with Crippen molar-refractivity contribution in [3.63, 3.8) is 0 Å². The lowest BCUT2D eigenvalue weighted by molar-refractivity contribution is -0.184. The van der Waals surface area contributed by atoms with Gasteiger partial charge in [-0.25, -0.2) is 0 Å². The maximum Gasteiger partial charge on any atom is 0.391 e. The van der Waals surface area contributed by atoms with Crippen LogP contribution in [-0.4, -0.2) is 25.4 Å². The quantitative estimate of drug-likeness (QED) is 0.826. The molecule has 1 fully saturated rings. The highest BCUT2D eigenvalue weighted by molar-refractivity contribution is 5.09. The first kappa shape index (κ1) is 15.7. The van der Waals surface area contributed by atoms with E-state index in [9.17, 15) is 13.2 Å². The average molecular weight is 291 g/mol. The number of hydrogen-bond acceptors (Lipinski definition) is 2. The summed E-state index contributed by atoms with van der Waals surface area (Å²) in [6.45, 7) is 3.68. The van der Waals surface area contributed by atoms with Gasteiger partial charge < -0.3 is 10.1 Å². The first-order valence-electron chi connectivity index (χ1n) is 7.65. The highest BCUT2D eigenvalue weighted by Gasteiger charge is 2.43. The van der Waals surface area contributed by atoms with E-state index in [4.69, 9.17) is 4.74 Å². The number of ether oxygens (including phenoxy) is 1. The van der Waals surface area contributed by atoms with Gasteiger partial charge >= 0.3 is 6.18 Å². The first-order valence-corrected chi connectivity index (χ1v) is 7.65. The molecule has 0 bridgehead atoms. The molecule has 1 atom stereocenters. The Labute approximate surface area is 118 Å². The molecule has 1 aliphatic heterocycles. The molecule has 0 aromatic carbocycles. The summed E-state index contributed by atoms with van der Waals surface area (Å²) in [5.41, 5.74) is 0. The zero-order chi connectivity index (χ0) is 14.6. The van der Waals surface area contributed by atoms with Crippen LogP contribution in [0.4, 0.5) is 13.2 Å². The van der Waals surface area contributed by atoms with Gasteiger partial charge in [0.15, 0.2) is 0 Å². The van der Waals surface area contributed by atoms with Crippen LogP contribution in [0.25, 0.3) is 0 Å². The van der Waals surface area contributed by atoms with Crippen LogP contribution >= 0.6 is 0 Å². The second-order valence-electron chi connectivity index (χ2n) is 5.83. The lowest BCUT2D eigenvalue weighted by Gasteiger charge is -2.35. The summed E-state index contributed by atoms with van der Waals surface area (Å²) in [6, 6.07) is 0.103. The van der Waals surface area contributed by atoms with Crippen molar-refractivity contribution in [1.29, 1.82) is 0 Å².